The minimum absolute atomic E-state index is 0.109. The molecule has 14 heavy (non-hydrogen) atoms. The van der Waals surface area contributed by atoms with Crippen LogP contribution >= 0.6 is 0 Å². The summed E-state index contributed by atoms with van der Waals surface area (Å²) < 4.78 is 9.39. The quantitative estimate of drug-likeness (QED) is 0.397. The Labute approximate surface area is 82.5 Å². The van der Waals surface area contributed by atoms with Gasteiger partial charge in [-0.25, -0.2) is 0 Å². The molecule has 0 radical (unpaired) electrons. The number of unbranched alkanes of at least 4 members (excludes halogenated alkanes) is 1. The highest BCUT2D eigenvalue weighted by atomic mass is 16.5. The van der Waals surface area contributed by atoms with Crippen LogP contribution in [-0.2, 0) is 19.1 Å². The van der Waals surface area contributed by atoms with E-state index in [1.54, 1.807) is 0 Å². The van der Waals surface area contributed by atoms with Crippen molar-refractivity contribution in [2.24, 2.45) is 11.5 Å². The Morgan fingerprint density at radius 3 is 1.50 bits per heavy atom. The van der Waals surface area contributed by atoms with Gasteiger partial charge in [-0.1, -0.05) is 0 Å². The predicted octanol–water partition coefficient (Wildman–Crippen LogP) is -1.23. The zero-order valence-corrected chi connectivity index (χ0v) is 8.03. The molecule has 0 saturated carbocycles. The molecular weight excluding hydrogens is 188 g/mol. The standard InChI is InChI=1S/C8H16N2O4/c9-5-7(11)13-3-1-2-4-14-8(12)6-10/h1-6,9-10H2. The van der Waals surface area contributed by atoms with Crippen molar-refractivity contribution in [1.82, 2.24) is 0 Å². The van der Waals surface area contributed by atoms with E-state index in [-0.39, 0.29) is 13.1 Å². The number of esters is 2. The summed E-state index contributed by atoms with van der Waals surface area (Å²) in [6.45, 7) is 0.386. The van der Waals surface area contributed by atoms with Gasteiger partial charge in [0, 0.05) is 0 Å². The number of nitrogens with two attached hydrogens (primary N) is 2. The molecular formula is C8H16N2O4. The van der Waals surface area contributed by atoms with E-state index >= 15 is 0 Å². The van der Waals surface area contributed by atoms with Crippen molar-refractivity contribution in [2.45, 2.75) is 12.8 Å². The monoisotopic (exact) mass is 204 g/mol. The fourth-order valence-electron chi connectivity index (χ4n) is 0.694. The third-order valence-corrected chi connectivity index (χ3v) is 1.40. The Hall–Kier alpha value is -1.14. The smallest absolute Gasteiger partial charge is 0.319 e. The lowest BCUT2D eigenvalue weighted by atomic mass is 10.3. The molecule has 6 nitrogen and oxygen atoms in total. The third kappa shape index (κ3) is 7.51. The second-order valence-electron chi connectivity index (χ2n) is 2.56. The first kappa shape index (κ1) is 12.9. The summed E-state index contributed by atoms with van der Waals surface area (Å²) in [6.07, 6.45) is 1.28. The Morgan fingerprint density at radius 2 is 1.21 bits per heavy atom. The van der Waals surface area contributed by atoms with E-state index in [2.05, 4.69) is 0 Å². The third-order valence-electron chi connectivity index (χ3n) is 1.40. The van der Waals surface area contributed by atoms with Crippen molar-refractivity contribution in [3.05, 3.63) is 0 Å². The summed E-state index contributed by atoms with van der Waals surface area (Å²) in [4.78, 5) is 21.1. The highest BCUT2D eigenvalue weighted by Crippen LogP contribution is 1.91. The molecule has 0 aliphatic rings. The Bertz CT molecular complexity index is 164. The Morgan fingerprint density at radius 1 is 0.857 bits per heavy atom. The van der Waals surface area contributed by atoms with Crippen molar-refractivity contribution >= 4 is 11.9 Å². The number of ether oxygens (including phenoxy) is 2. The fourth-order valence-corrected chi connectivity index (χ4v) is 0.694. The SMILES string of the molecule is NCC(=O)OCCCCOC(=O)CN. The van der Waals surface area contributed by atoms with E-state index < -0.39 is 11.9 Å². The molecule has 6 heteroatoms. The highest BCUT2D eigenvalue weighted by Gasteiger charge is 1.99. The van der Waals surface area contributed by atoms with Gasteiger partial charge in [0.25, 0.3) is 0 Å². The molecule has 0 saturated heterocycles. The van der Waals surface area contributed by atoms with Gasteiger partial charge >= 0.3 is 11.9 Å². The van der Waals surface area contributed by atoms with Crippen LogP contribution in [0.2, 0.25) is 0 Å². The molecule has 0 aromatic rings. The van der Waals surface area contributed by atoms with E-state index in [1.165, 1.54) is 0 Å². The van der Waals surface area contributed by atoms with Crippen LogP contribution in [0.4, 0.5) is 0 Å². The van der Waals surface area contributed by atoms with E-state index in [9.17, 15) is 9.59 Å². The summed E-state index contributed by atoms with van der Waals surface area (Å²) in [7, 11) is 0. The largest absolute Gasteiger partial charge is 0.465 e. The topological polar surface area (TPSA) is 105 Å². The summed E-state index contributed by atoms with van der Waals surface area (Å²) in [5.74, 6) is -0.854. The van der Waals surface area contributed by atoms with Gasteiger partial charge in [0.15, 0.2) is 0 Å². The van der Waals surface area contributed by atoms with Crippen LogP contribution < -0.4 is 11.5 Å². The van der Waals surface area contributed by atoms with E-state index in [0.717, 1.165) is 0 Å². The van der Waals surface area contributed by atoms with Crippen LogP contribution in [0.3, 0.4) is 0 Å². The van der Waals surface area contributed by atoms with Crippen LogP contribution in [0, 0.1) is 0 Å². The molecule has 82 valence electrons. The zero-order chi connectivity index (χ0) is 10.8. The van der Waals surface area contributed by atoms with E-state index in [4.69, 9.17) is 20.9 Å². The second kappa shape index (κ2) is 8.46. The molecule has 0 aromatic carbocycles. The van der Waals surface area contributed by atoms with Crippen LogP contribution in [0.25, 0.3) is 0 Å². The lowest BCUT2D eigenvalue weighted by molar-refractivity contribution is -0.144. The van der Waals surface area contributed by atoms with Crippen LogP contribution in [0.5, 0.6) is 0 Å². The van der Waals surface area contributed by atoms with Gasteiger partial charge < -0.3 is 20.9 Å². The van der Waals surface area contributed by atoms with Gasteiger partial charge in [0.1, 0.15) is 0 Å². The van der Waals surface area contributed by atoms with Crippen molar-refractivity contribution < 1.29 is 19.1 Å². The predicted molar refractivity (Wildman–Crippen MR) is 49.3 cm³/mol. The molecule has 0 atom stereocenters. The molecule has 0 fully saturated rings. The number of hydrogen-bond donors (Lipinski definition) is 2. The summed E-state index contributed by atoms with van der Waals surface area (Å²) in [6, 6.07) is 0. The number of carbonyl (C=O) groups excluding carboxylic acids is 2. The van der Waals surface area contributed by atoms with Crippen molar-refractivity contribution in [3.63, 3.8) is 0 Å². The first-order valence-corrected chi connectivity index (χ1v) is 4.42. The molecule has 4 N–H and O–H groups in total. The van der Waals surface area contributed by atoms with Gasteiger partial charge in [0.05, 0.1) is 26.3 Å². The molecule has 0 amide bonds. The summed E-state index contributed by atoms with van der Waals surface area (Å²) in [5.41, 5.74) is 10.0. The molecule has 0 heterocycles. The maximum absolute atomic E-state index is 10.5. The maximum Gasteiger partial charge on any atom is 0.319 e. The average molecular weight is 204 g/mol. The van der Waals surface area contributed by atoms with E-state index in [0.29, 0.717) is 26.1 Å². The highest BCUT2D eigenvalue weighted by molar-refractivity contribution is 5.71. The van der Waals surface area contributed by atoms with Crippen molar-refractivity contribution in [2.75, 3.05) is 26.3 Å². The molecule has 0 unspecified atom stereocenters. The van der Waals surface area contributed by atoms with Gasteiger partial charge in [-0.15, -0.1) is 0 Å². The normalized spacial score (nSPS) is 9.57. The van der Waals surface area contributed by atoms with Gasteiger partial charge in [-0.2, -0.15) is 0 Å². The second-order valence-corrected chi connectivity index (χ2v) is 2.56. The number of rotatable bonds is 7. The van der Waals surface area contributed by atoms with Gasteiger partial charge in [-0.05, 0) is 12.8 Å². The average Bonchev–Trinajstić information content (AvgIpc) is 2.22. The summed E-state index contributed by atoms with van der Waals surface area (Å²) in [5, 5.41) is 0. The molecule has 0 aliphatic heterocycles. The van der Waals surface area contributed by atoms with Crippen LogP contribution in [0.1, 0.15) is 12.8 Å². The number of hydrogen-bond acceptors (Lipinski definition) is 6. The summed E-state index contributed by atoms with van der Waals surface area (Å²) >= 11 is 0. The lowest BCUT2D eigenvalue weighted by Gasteiger charge is -2.04. The van der Waals surface area contributed by atoms with Crippen LogP contribution in [0.15, 0.2) is 0 Å². The first-order valence-electron chi connectivity index (χ1n) is 4.42. The maximum atomic E-state index is 10.5. The van der Waals surface area contributed by atoms with Crippen molar-refractivity contribution in [1.29, 1.82) is 0 Å². The lowest BCUT2D eigenvalue weighted by Crippen LogP contribution is -2.18. The van der Waals surface area contributed by atoms with Crippen LogP contribution in [-0.4, -0.2) is 38.2 Å². The van der Waals surface area contributed by atoms with Gasteiger partial charge in [0.2, 0.25) is 0 Å². The van der Waals surface area contributed by atoms with Gasteiger partial charge in [-0.3, -0.25) is 9.59 Å². The fraction of sp³-hybridized carbons (Fsp3) is 0.750. The molecule has 0 aromatic heterocycles. The molecule has 0 spiro atoms. The Kier molecular flexibility index (Phi) is 7.77. The number of carbonyl (C=O) groups is 2. The van der Waals surface area contributed by atoms with E-state index in [1.807, 2.05) is 0 Å². The molecule has 0 rings (SSSR count). The van der Waals surface area contributed by atoms with Crippen molar-refractivity contribution in [3.8, 4) is 0 Å². The zero-order valence-electron chi connectivity index (χ0n) is 8.03. The minimum atomic E-state index is -0.427. The first-order chi connectivity index (χ1) is 6.70. The molecule has 0 bridgehead atoms. The molecule has 0 aliphatic carbocycles. The Balaban J connectivity index is 3.14. The minimum Gasteiger partial charge on any atom is -0.465 e.